The standard InChI is InChI=1S/C21H26N8O2/c1-13(2)29-21(24-12-25-29)16-11-28-6-7-31-18-8-14(23-9-15(18)20(28)26-16)10-27-5-3-4-17(27)19(22)30/h8-9,11-13,17H,3-7,10H2,1-2H3,(H2,22,30)/t17-/m0/s1. The Morgan fingerprint density at radius 1 is 1.29 bits per heavy atom. The summed E-state index contributed by atoms with van der Waals surface area (Å²) in [6.07, 6.45) is 7.13. The van der Waals surface area contributed by atoms with Gasteiger partial charge in [-0.25, -0.2) is 14.6 Å². The summed E-state index contributed by atoms with van der Waals surface area (Å²) in [5, 5.41) is 4.32. The van der Waals surface area contributed by atoms with Gasteiger partial charge in [-0.1, -0.05) is 0 Å². The van der Waals surface area contributed by atoms with Crippen molar-refractivity contribution in [2.45, 2.75) is 51.9 Å². The number of hydrogen-bond donors (Lipinski definition) is 1. The molecule has 162 valence electrons. The monoisotopic (exact) mass is 422 g/mol. The largest absolute Gasteiger partial charge is 0.491 e. The van der Waals surface area contributed by atoms with Gasteiger partial charge in [0.15, 0.2) is 5.82 Å². The van der Waals surface area contributed by atoms with Gasteiger partial charge < -0.3 is 15.0 Å². The summed E-state index contributed by atoms with van der Waals surface area (Å²) in [5.74, 6) is 2.03. The summed E-state index contributed by atoms with van der Waals surface area (Å²) in [6, 6.07) is 1.92. The maximum Gasteiger partial charge on any atom is 0.234 e. The molecule has 0 aromatic carbocycles. The van der Waals surface area contributed by atoms with Crippen molar-refractivity contribution in [1.82, 2.24) is 34.2 Å². The number of likely N-dealkylation sites (tertiary alicyclic amines) is 1. The van der Waals surface area contributed by atoms with Gasteiger partial charge in [0.1, 0.15) is 30.2 Å². The van der Waals surface area contributed by atoms with Crippen molar-refractivity contribution in [3.05, 3.63) is 30.5 Å². The van der Waals surface area contributed by atoms with E-state index >= 15 is 0 Å². The number of fused-ring (bicyclic) bond motifs is 3. The molecular weight excluding hydrogens is 396 g/mol. The molecule has 2 N–H and O–H groups in total. The molecule has 5 rings (SSSR count). The summed E-state index contributed by atoms with van der Waals surface area (Å²) in [4.78, 5) is 27.7. The molecule has 1 amide bonds. The lowest BCUT2D eigenvalue weighted by Gasteiger charge is -2.21. The predicted octanol–water partition coefficient (Wildman–Crippen LogP) is 1.63. The third kappa shape index (κ3) is 3.56. The number of nitrogens with two attached hydrogens (primary N) is 1. The molecule has 0 saturated carbocycles. The summed E-state index contributed by atoms with van der Waals surface area (Å²) < 4.78 is 9.96. The van der Waals surface area contributed by atoms with Crippen LogP contribution in [0.25, 0.3) is 22.9 Å². The van der Waals surface area contributed by atoms with Gasteiger partial charge >= 0.3 is 0 Å². The van der Waals surface area contributed by atoms with E-state index in [2.05, 4.69) is 38.4 Å². The number of ether oxygens (including phenoxy) is 1. The van der Waals surface area contributed by atoms with Gasteiger partial charge in [-0.05, 0) is 33.2 Å². The van der Waals surface area contributed by atoms with Gasteiger partial charge in [-0.3, -0.25) is 14.7 Å². The Bertz CT molecular complexity index is 1120. The highest BCUT2D eigenvalue weighted by Crippen LogP contribution is 2.34. The minimum atomic E-state index is -0.271. The van der Waals surface area contributed by atoms with Crippen molar-refractivity contribution in [3.63, 3.8) is 0 Å². The average Bonchev–Trinajstić information content (AvgIpc) is 3.46. The summed E-state index contributed by atoms with van der Waals surface area (Å²) in [6.45, 7) is 6.76. The second kappa shape index (κ2) is 7.77. The molecule has 0 aliphatic carbocycles. The topological polar surface area (TPSA) is 117 Å². The van der Waals surface area contributed by atoms with E-state index < -0.39 is 0 Å². The maximum atomic E-state index is 11.7. The second-order valence-electron chi connectivity index (χ2n) is 8.32. The number of nitrogens with zero attached hydrogens (tertiary/aromatic N) is 7. The van der Waals surface area contributed by atoms with Gasteiger partial charge in [-0.2, -0.15) is 5.10 Å². The Balaban J connectivity index is 1.46. The van der Waals surface area contributed by atoms with Gasteiger partial charge in [0.25, 0.3) is 0 Å². The quantitative estimate of drug-likeness (QED) is 0.664. The molecule has 5 heterocycles. The van der Waals surface area contributed by atoms with E-state index in [9.17, 15) is 4.79 Å². The van der Waals surface area contributed by atoms with Crippen LogP contribution in [0.3, 0.4) is 0 Å². The van der Waals surface area contributed by atoms with Crippen LogP contribution in [0.2, 0.25) is 0 Å². The normalized spacial score (nSPS) is 18.5. The highest BCUT2D eigenvalue weighted by atomic mass is 16.5. The van der Waals surface area contributed by atoms with Crippen LogP contribution in [0, 0.1) is 0 Å². The Morgan fingerprint density at radius 3 is 2.97 bits per heavy atom. The van der Waals surface area contributed by atoms with E-state index in [-0.39, 0.29) is 18.0 Å². The fourth-order valence-corrected chi connectivity index (χ4v) is 4.37. The molecule has 2 aliphatic rings. The molecular formula is C21H26N8O2. The van der Waals surface area contributed by atoms with Gasteiger partial charge in [0.2, 0.25) is 5.91 Å². The Hall–Kier alpha value is -3.27. The van der Waals surface area contributed by atoms with Crippen molar-refractivity contribution in [2.75, 3.05) is 13.2 Å². The summed E-state index contributed by atoms with van der Waals surface area (Å²) in [7, 11) is 0. The number of hydrogen-bond acceptors (Lipinski definition) is 7. The van der Waals surface area contributed by atoms with Crippen LogP contribution in [0.1, 0.15) is 38.4 Å². The molecule has 1 fully saturated rings. The first-order chi connectivity index (χ1) is 15.0. The average molecular weight is 422 g/mol. The lowest BCUT2D eigenvalue weighted by Crippen LogP contribution is -2.39. The zero-order valence-electron chi connectivity index (χ0n) is 17.7. The second-order valence-corrected chi connectivity index (χ2v) is 8.32. The number of imidazole rings is 1. The zero-order valence-corrected chi connectivity index (χ0v) is 17.7. The van der Waals surface area contributed by atoms with Crippen molar-refractivity contribution in [1.29, 1.82) is 0 Å². The molecule has 0 radical (unpaired) electrons. The minimum Gasteiger partial charge on any atom is -0.491 e. The maximum absolute atomic E-state index is 11.7. The van der Waals surface area contributed by atoms with Crippen molar-refractivity contribution < 1.29 is 9.53 Å². The van der Waals surface area contributed by atoms with E-state index in [0.29, 0.717) is 19.7 Å². The molecule has 10 nitrogen and oxygen atoms in total. The third-order valence-corrected chi connectivity index (χ3v) is 5.88. The van der Waals surface area contributed by atoms with Crippen LogP contribution in [-0.2, 0) is 17.9 Å². The highest BCUT2D eigenvalue weighted by molar-refractivity contribution is 5.80. The van der Waals surface area contributed by atoms with Crippen molar-refractivity contribution >= 4 is 5.91 Å². The molecule has 1 saturated heterocycles. The van der Waals surface area contributed by atoms with Crippen LogP contribution < -0.4 is 10.5 Å². The Morgan fingerprint density at radius 2 is 2.16 bits per heavy atom. The molecule has 0 spiro atoms. The molecule has 31 heavy (non-hydrogen) atoms. The molecule has 0 bridgehead atoms. The summed E-state index contributed by atoms with van der Waals surface area (Å²) in [5.41, 5.74) is 8.02. The lowest BCUT2D eigenvalue weighted by molar-refractivity contribution is -0.122. The number of aromatic nitrogens is 6. The fraction of sp³-hybridized carbons (Fsp3) is 0.476. The number of pyridine rings is 1. The van der Waals surface area contributed by atoms with E-state index in [4.69, 9.17) is 15.5 Å². The Labute approximate surface area is 180 Å². The molecule has 1 atom stereocenters. The van der Waals surface area contributed by atoms with Crippen LogP contribution in [0.15, 0.2) is 24.8 Å². The molecule has 10 heteroatoms. The van der Waals surface area contributed by atoms with Gasteiger partial charge in [0, 0.05) is 31.0 Å². The molecule has 3 aromatic rings. The van der Waals surface area contributed by atoms with E-state index in [1.165, 1.54) is 0 Å². The molecule has 0 unspecified atom stereocenters. The molecule has 3 aromatic heterocycles. The van der Waals surface area contributed by atoms with Crippen LogP contribution in [-0.4, -0.2) is 59.3 Å². The van der Waals surface area contributed by atoms with Crippen LogP contribution >= 0.6 is 0 Å². The van der Waals surface area contributed by atoms with Crippen LogP contribution in [0.4, 0.5) is 0 Å². The third-order valence-electron chi connectivity index (χ3n) is 5.88. The smallest absolute Gasteiger partial charge is 0.234 e. The first-order valence-electron chi connectivity index (χ1n) is 10.6. The van der Waals surface area contributed by atoms with Crippen molar-refractivity contribution in [3.8, 4) is 28.7 Å². The predicted molar refractivity (Wildman–Crippen MR) is 113 cm³/mol. The molecule has 2 aliphatic heterocycles. The fourth-order valence-electron chi connectivity index (χ4n) is 4.37. The summed E-state index contributed by atoms with van der Waals surface area (Å²) >= 11 is 0. The van der Waals surface area contributed by atoms with E-state index in [1.807, 2.05) is 16.9 Å². The first-order valence-corrected chi connectivity index (χ1v) is 10.6. The first kappa shape index (κ1) is 19.7. The highest BCUT2D eigenvalue weighted by Gasteiger charge is 2.30. The number of primary amides is 1. The van der Waals surface area contributed by atoms with E-state index in [1.54, 1.807) is 12.5 Å². The number of amides is 1. The van der Waals surface area contributed by atoms with E-state index in [0.717, 1.165) is 53.7 Å². The Kier molecular flexibility index (Phi) is 4.93. The van der Waals surface area contributed by atoms with Gasteiger partial charge in [-0.15, -0.1) is 0 Å². The zero-order chi connectivity index (χ0) is 21.5. The lowest BCUT2D eigenvalue weighted by atomic mass is 10.2. The van der Waals surface area contributed by atoms with Crippen molar-refractivity contribution in [2.24, 2.45) is 5.73 Å². The number of rotatable bonds is 5. The SMILES string of the molecule is CC(C)n1ncnc1-c1cn2c(n1)-c1cnc(CN3CCC[C@H]3C(N)=O)cc1OCC2. The van der Waals surface area contributed by atoms with Gasteiger partial charge in [0.05, 0.1) is 23.8 Å². The number of carbonyl (C=O) groups excluding carboxylic acids is 1. The number of carbonyl (C=O) groups is 1. The minimum absolute atomic E-state index is 0.189. The van der Waals surface area contributed by atoms with Crippen LogP contribution in [0.5, 0.6) is 5.75 Å².